The molecule has 51 heavy (non-hydrogen) atoms. The highest BCUT2D eigenvalue weighted by atomic mass is 16.7. The van der Waals surface area contributed by atoms with Crippen molar-refractivity contribution in [2.75, 3.05) is 38.4 Å². The summed E-state index contributed by atoms with van der Waals surface area (Å²) in [5.74, 6) is 0.830. The van der Waals surface area contributed by atoms with Gasteiger partial charge >= 0.3 is 12.1 Å². The van der Waals surface area contributed by atoms with Crippen LogP contribution < -0.4 is 14.4 Å². The third-order valence-electron chi connectivity index (χ3n) is 7.69. The van der Waals surface area contributed by atoms with Crippen LogP contribution in [0, 0.1) is 6.92 Å². The topological polar surface area (TPSA) is 83.5 Å². The van der Waals surface area contributed by atoms with Gasteiger partial charge in [0.2, 0.25) is 0 Å². The van der Waals surface area contributed by atoms with Gasteiger partial charge in [-0.25, -0.2) is 4.79 Å². The molecule has 0 fully saturated rings. The molecule has 8 nitrogen and oxygen atoms in total. The molecule has 0 N–H and O–H groups in total. The number of hydrogen-bond donors (Lipinski definition) is 0. The molecule has 0 heterocycles. The van der Waals surface area contributed by atoms with Crippen LogP contribution in [0.5, 0.6) is 11.5 Å². The van der Waals surface area contributed by atoms with E-state index in [2.05, 4.69) is 96.8 Å². The molecule has 260 valence electrons. The second-order valence-corrected chi connectivity index (χ2v) is 11.5. The average molecular weight is 684 g/mol. The van der Waals surface area contributed by atoms with E-state index >= 15 is 0 Å². The molecule has 0 bridgehead atoms. The van der Waals surface area contributed by atoms with Crippen LogP contribution in [0.3, 0.4) is 0 Å². The minimum Gasteiger partial charge on any atom is -0.497 e. The highest BCUT2D eigenvalue weighted by molar-refractivity contribution is 5.79. The van der Waals surface area contributed by atoms with Crippen LogP contribution >= 0.6 is 0 Å². The highest BCUT2D eigenvalue weighted by Gasteiger charge is 2.12. The van der Waals surface area contributed by atoms with Gasteiger partial charge in [0, 0.05) is 24.0 Å². The number of esters is 1. The van der Waals surface area contributed by atoms with Crippen molar-refractivity contribution in [1.82, 2.24) is 0 Å². The molecule has 0 radical (unpaired) electrons. The molecule has 0 aliphatic heterocycles. The average Bonchev–Trinajstić information content (AvgIpc) is 3.15. The summed E-state index contributed by atoms with van der Waals surface area (Å²) in [6.07, 6.45) is 7.33. The van der Waals surface area contributed by atoms with Gasteiger partial charge in [-0.1, -0.05) is 90.5 Å². The molecular formula is C43H41NO7. The molecule has 0 atom stereocenters. The molecule has 0 aliphatic carbocycles. The Morgan fingerprint density at radius 3 is 1.59 bits per heavy atom. The summed E-state index contributed by atoms with van der Waals surface area (Å²) in [7, 11) is 1.67. The Morgan fingerprint density at radius 2 is 1.06 bits per heavy atom. The lowest BCUT2D eigenvalue weighted by Gasteiger charge is -2.26. The predicted octanol–water partition coefficient (Wildman–Crippen LogP) is 9.91. The number of carbonyl (C=O) groups is 2. The van der Waals surface area contributed by atoms with Gasteiger partial charge in [-0.15, -0.1) is 0 Å². The summed E-state index contributed by atoms with van der Waals surface area (Å²) in [5.41, 5.74) is 8.42. The zero-order chi connectivity index (χ0) is 35.8. The lowest BCUT2D eigenvalue weighted by atomic mass is 10.1. The number of ether oxygens (including phenoxy) is 5. The minimum absolute atomic E-state index is 0.0177. The maximum atomic E-state index is 12.1. The van der Waals surface area contributed by atoms with Crippen molar-refractivity contribution in [2.45, 2.75) is 13.8 Å². The molecule has 0 unspecified atom stereocenters. The number of anilines is 3. The van der Waals surface area contributed by atoms with Crippen LogP contribution in [0.4, 0.5) is 21.9 Å². The summed E-state index contributed by atoms with van der Waals surface area (Å²) in [4.78, 5) is 25.1. The first-order chi connectivity index (χ1) is 24.9. The second-order valence-electron chi connectivity index (χ2n) is 11.5. The number of carbonyl (C=O) groups excluding carboxylic acids is 2. The maximum absolute atomic E-state index is 12.1. The van der Waals surface area contributed by atoms with Gasteiger partial charge in [0.15, 0.2) is 0 Å². The fourth-order valence-corrected chi connectivity index (χ4v) is 5.05. The molecular weight excluding hydrogens is 642 g/mol. The smallest absolute Gasteiger partial charge is 0.497 e. The molecule has 8 heteroatoms. The normalized spacial score (nSPS) is 11.0. The Labute approximate surface area is 299 Å². The van der Waals surface area contributed by atoms with Crippen molar-refractivity contribution in [1.29, 1.82) is 0 Å². The lowest BCUT2D eigenvalue weighted by molar-refractivity contribution is -0.142. The Bertz CT molecular complexity index is 1910. The van der Waals surface area contributed by atoms with Gasteiger partial charge < -0.3 is 28.6 Å². The van der Waals surface area contributed by atoms with Crippen LogP contribution in [0.2, 0.25) is 0 Å². The molecule has 0 aromatic heterocycles. The van der Waals surface area contributed by atoms with Gasteiger partial charge in [-0.2, -0.15) is 0 Å². The van der Waals surface area contributed by atoms with E-state index < -0.39 is 6.16 Å². The number of hydrogen-bond acceptors (Lipinski definition) is 8. The van der Waals surface area contributed by atoms with Gasteiger partial charge in [0.25, 0.3) is 0 Å². The summed E-state index contributed by atoms with van der Waals surface area (Å²) in [6.45, 7) is 3.96. The largest absolute Gasteiger partial charge is 0.513 e. The fourth-order valence-electron chi connectivity index (χ4n) is 5.05. The number of rotatable bonds is 15. The summed E-state index contributed by atoms with van der Waals surface area (Å²) < 4.78 is 25.7. The third kappa shape index (κ3) is 11.5. The van der Waals surface area contributed by atoms with E-state index in [-0.39, 0.29) is 32.4 Å². The van der Waals surface area contributed by atoms with E-state index in [1.54, 1.807) is 19.2 Å². The van der Waals surface area contributed by atoms with E-state index in [9.17, 15) is 9.59 Å². The lowest BCUT2D eigenvalue weighted by Crippen LogP contribution is -2.16. The van der Waals surface area contributed by atoms with Crippen molar-refractivity contribution in [2.24, 2.45) is 0 Å². The molecule has 5 rings (SSSR count). The van der Waals surface area contributed by atoms with Gasteiger partial charge in [0.1, 0.15) is 24.7 Å². The monoisotopic (exact) mass is 683 g/mol. The number of methoxy groups -OCH3 is 1. The number of benzene rings is 5. The zero-order valence-corrected chi connectivity index (χ0v) is 29.0. The van der Waals surface area contributed by atoms with E-state index in [1.165, 1.54) is 12.5 Å². The quantitative estimate of drug-likeness (QED) is 0.0467. The van der Waals surface area contributed by atoms with Crippen molar-refractivity contribution >= 4 is 53.5 Å². The van der Waals surface area contributed by atoms with Crippen LogP contribution in [0.15, 0.2) is 121 Å². The van der Waals surface area contributed by atoms with E-state index in [4.69, 9.17) is 23.7 Å². The van der Waals surface area contributed by atoms with Crippen molar-refractivity contribution in [3.05, 3.63) is 149 Å². The molecule has 5 aromatic carbocycles. The summed E-state index contributed by atoms with van der Waals surface area (Å²) in [5, 5.41) is 0. The summed E-state index contributed by atoms with van der Waals surface area (Å²) >= 11 is 0. The van der Waals surface area contributed by atoms with Crippen LogP contribution in [-0.2, 0) is 19.0 Å². The Kier molecular flexibility index (Phi) is 13.2. The molecule has 0 saturated heterocycles. The highest BCUT2D eigenvalue weighted by Crippen LogP contribution is 2.35. The first-order valence-electron chi connectivity index (χ1n) is 16.6. The molecule has 5 aromatic rings. The Morgan fingerprint density at radius 1 is 0.569 bits per heavy atom. The molecule has 0 saturated carbocycles. The van der Waals surface area contributed by atoms with Crippen LogP contribution in [0.25, 0.3) is 24.3 Å². The SMILES string of the molecule is COc1ccc(C=Cc2ccc(N(c3ccc(C)cc3)c3ccc(C=Cc4cccc(OC(=O)OCCOCCOC(C)=O)c4)cc3)cc2)cc1. The Hall–Kier alpha value is -6.12. The van der Waals surface area contributed by atoms with Gasteiger partial charge in [0.05, 0.1) is 20.3 Å². The molecule has 0 amide bonds. The van der Waals surface area contributed by atoms with Crippen molar-refractivity contribution in [3.8, 4) is 11.5 Å². The fraction of sp³-hybridized carbons (Fsp3) is 0.163. The van der Waals surface area contributed by atoms with Gasteiger partial charge in [-0.3, -0.25) is 4.79 Å². The standard InChI is InChI=1S/C43H41NO7/c1-32-7-19-38(20-8-32)44(39-21-13-34(14-22-39)9-10-36-17-25-41(47-3)26-18-36)40-23-15-35(16-24-40)11-12-37-5-4-6-42(31-37)51-43(46)50-30-28-48-27-29-49-33(2)45/h4-26,31H,27-30H2,1-3H3. The first-order valence-corrected chi connectivity index (χ1v) is 16.6. The molecule has 0 spiro atoms. The second kappa shape index (κ2) is 18.6. The summed E-state index contributed by atoms with van der Waals surface area (Å²) in [6, 6.07) is 40.5. The first kappa shape index (κ1) is 36.2. The van der Waals surface area contributed by atoms with E-state index in [0.717, 1.165) is 45.1 Å². The molecule has 0 aliphatic rings. The number of aryl methyl sites for hydroxylation is 1. The third-order valence-corrected chi connectivity index (χ3v) is 7.69. The minimum atomic E-state index is -0.826. The maximum Gasteiger partial charge on any atom is 0.513 e. The van der Waals surface area contributed by atoms with Crippen molar-refractivity contribution < 1.29 is 33.3 Å². The zero-order valence-electron chi connectivity index (χ0n) is 29.0. The Balaban J connectivity index is 1.22. The van der Waals surface area contributed by atoms with Crippen molar-refractivity contribution in [3.63, 3.8) is 0 Å². The predicted molar refractivity (Wildman–Crippen MR) is 203 cm³/mol. The van der Waals surface area contributed by atoms with Gasteiger partial charge in [-0.05, 0) is 89.8 Å². The van der Waals surface area contributed by atoms with Crippen LogP contribution in [0.1, 0.15) is 34.7 Å². The van der Waals surface area contributed by atoms with Crippen LogP contribution in [-0.4, -0.2) is 45.7 Å². The van der Waals surface area contributed by atoms with E-state index in [1.807, 2.05) is 48.6 Å². The number of nitrogens with zero attached hydrogens (tertiary/aromatic N) is 1. The van der Waals surface area contributed by atoms with E-state index in [0.29, 0.717) is 5.75 Å².